The summed E-state index contributed by atoms with van der Waals surface area (Å²) in [5.74, 6) is 1.10. The number of fused-ring (bicyclic) bond motifs is 1. The van der Waals surface area contributed by atoms with Crippen LogP contribution in [0.25, 0.3) is 0 Å². The van der Waals surface area contributed by atoms with Crippen LogP contribution >= 0.6 is 11.6 Å². The number of para-hydroxylation sites is 2. The first-order chi connectivity index (χ1) is 9.74. The van der Waals surface area contributed by atoms with Crippen molar-refractivity contribution in [2.24, 2.45) is 0 Å². The molecule has 0 saturated heterocycles. The van der Waals surface area contributed by atoms with Crippen LogP contribution in [0, 0.1) is 0 Å². The monoisotopic (exact) mass is 293 g/mol. The highest BCUT2D eigenvalue weighted by atomic mass is 35.5. The van der Waals surface area contributed by atoms with Gasteiger partial charge in [0, 0.05) is 0 Å². The van der Waals surface area contributed by atoms with E-state index in [2.05, 4.69) is 5.32 Å². The number of carbonyl (C=O) groups excluding carboxylic acids is 1. The van der Waals surface area contributed by atoms with Crippen LogP contribution in [0.4, 0.5) is 0 Å². The smallest absolute Gasteiger partial charge is 0.256 e. The van der Waals surface area contributed by atoms with E-state index >= 15 is 0 Å². The second-order valence-electron chi connectivity index (χ2n) is 4.32. The molecule has 1 unspecified atom stereocenters. The van der Waals surface area contributed by atoms with Gasteiger partial charge in [-0.3, -0.25) is 4.79 Å². The second kappa shape index (κ2) is 5.46. The number of furan rings is 1. The molecule has 0 radical (unpaired) electrons. The first-order valence-electron chi connectivity index (χ1n) is 6.13. The maximum atomic E-state index is 11.9. The highest BCUT2D eigenvalue weighted by Crippen LogP contribution is 2.30. The van der Waals surface area contributed by atoms with Crippen molar-refractivity contribution in [3.05, 3.63) is 47.4 Å². The molecule has 0 bridgehead atoms. The summed E-state index contributed by atoms with van der Waals surface area (Å²) >= 11 is 5.74. The number of hydrogen-bond acceptors (Lipinski definition) is 4. The van der Waals surface area contributed by atoms with E-state index in [1.54, 1.807) is 0 Å². The van der Waals surface area contributed by atoms with Crippen molar-refractivity contribution >= 4 is 17.5 Å². The third kappa shape index (κ3) is 2.58. The van der Waals surface area contributed by atoms with E-state index in [1.165, 1.54) is 12.3 Å². The molecule has 3 rings (SSSR count). The summed E-state index contributed by atoms with van der Waals surface area (Å²) in [5, 5.41) is 2.82. The number of rotatable bonds is 3. The molecule has 1 aromatic heterocycles. The fraction of sp³-hybridized carbons (Fsp3) is 0.214. The summed E-state index contributed by atoms with van der Waals surface area (Å²) in [6.45, 7) is 0.713. The van der Waals surface area contributed by atoms with Crippen LogP contribution in [0.2, 0.25) is 5.22 Å². The molecule has 0 saturated carbocycles. The van der Waals surface area contributed by atoms with E-state index in [9.17, 15) is 4.79 Å². The fourth-order valence-electron chi connectivity index (χ4n) is 1.92. The van der Waals surface area contributed by atoms with E-state index < -0.39 is 0 Å². The average Bonchev–Trinajstić information content (AvgIpc) is 2.91. The number of nitrogens with one attached hydrogen (secondary N) is 1. The molecule has 0 fully saturated rings. The van der Waals surface area contributed by atoms with Crippen LogP contribution in [0.1, 0.15) is 10.4 Å². The van der Waals surface area contributed by atoms with Crippen LogP contribution in [-0.4, -0.2) is 25.2 Å². The van der Waals surface area contributed by atoms with E-state index in [0.29, 0.717) is 30.2 Å². The molecule has 2 heterocycles. The molecule has 1 aromatic carbocycles. The first-order valence-corrected chi connectivity index (χ1v) is 6.51. The Labute approximate surface area is 120 Å². The highest BCUT2D eigenvalue weighted by Gasteiger charge is 2.22. The van der Waals surface area contributed by atoms with Gasteiger partial charge in [0.1, 0.15) is 12.7 Å². The highest BCUT2D eigenvalue weighted by molar-refractivity contribution is 6.32. The molecule has 2 aromatic rings. The normalized spacial score (nSPS) is 16.8. The van der Waals surface area contributed by atoms with Gasteiger partial charge in [0.05, 0.1) is 18.4 Å². The number of ether oxygens (including phenoxy) is 2. The zero-order chi connectivity index (χ0) is 13.9. The van der Waals surface area contributed by atoms with Crippen molar-refractivity contribution in [3.63, 3.8) is 0 Å². The van der Waals surface area contributed by atoms with E-state index in [-0.39, 0.29) is 17.2 Å². The van der Waals surface area contributed by atoms with Gasteiger partial charge in [-0.2, -0.15) is 0 Å². The van der Waals surface area contributed by atoms with Crippen LogP contribution < -0.4 is 14.8 Å². The molecule has 1 atom stereocenters. The van der Waals surface area contributed by atoms with Crippen molar-refractivity contribution in [3.8, 4) is 11.5 Å². The summed E-state index contributed by atoms with van der Waals surface area (Å²) in [5.41, 5.74) is 0.309. The molecule has 1 aliphatic heterocycles. The van der Waals surface area contributed by atoms with Crippen LogP contribution in [0.15, 0.2) is 41.0 Å². The van der Waals surface area contributed by atoms with Crippen LogP contribution in [-0.2, 0) is 0 Å². The predicted octanol–water partition coefficient (Wildman–Crippen LogP) is 2.50. The van der Waals surface area contributed by atoms with Gasteiger partial charge in [-0.1, -0.05) is 12.1 Å². The Morgan fingerprint density at radius 3 is 2.85 bits per heavy atom. The number of benzene rings is 1. The number of amides is 1. The molecule has 0 spiro atoms. The molecule has 1 aliphatic rings. The standard InChI is InChI=1S/C14H12ClNO4/c15-13-10(5-6-18-13)14(17)16-7-9-8-19-11-3-1-2-4-12(11)20-9/h1-6,9H,7-8H2,(H,16,17). The zero-order valence-electron chi connectivity index (χ0n) is 10.5. The maximum Gasteiger partial charge on any atom is 0.256 e. The lowest BCUT2D eigenvalue weighted by Crippen LogP contribution is -2.40. The Kier molecular flexibility index (Phi) is 3.52. The minimum absolute atomic E-state index is 0.0775. The SMILES string of the molecule is O=C(NCC1COc2ccccc2O1)c1ccoc1Cl. The van der Waals surface area contributed by atoms with Gasteiger partial charge >= 0.3 is 0 Å². The van der Waals surface area contributed by atoms with Crippen LogP contribution in [0.5, 0.6) is 11.5 Å². The Bertz CT molecular complexity index is 625. The van der Waals surface area contributed by atoms with E-state index in [0.717, 1.165) is 0 Å². The Hall–Kier alpha value is -2.14. The Balaban J connectivity index is 1.58. The van der Waals surface area contributed by atoms with Gasteiger partial charge in [-0.15, -0.1) is 0 Å². The molecule has 104 valence electrons. The Morgan fingerprint density at radius 2 is 2.10 bits per heavy atom. The number of hydrogen-bond donors (Lipinski definition) is 1. The maximum absolute atomic E-state index is 11.9. The minimum atomic E-state index is -0.300. The predicted molar refractivity (Wildman–Crippen MR) is 72.4 cm³/mol. The largest absolute Gasteiger partial charge is 0.486 e. The van der Waals surface area contributed by atoms with E-state index in [1.807, 2.05) is 24.3 Å². The quantitative estimate of drug-likeness (QED) is 0.944. The number of carbonyl (C=O) groups is 1. The lowest BCUT2D eigenvalue weighted by Gasteiger charge is -2.26. The second-order valence-corrected chi connectivity index (χ2v) is 4.66. The summed E-state index contributed by atoms with van der Waals surface area (Å²) in [6.07, 6.45) is 1.13. The average molecular weight is 294 g/mol. The number of halogens is 1. The van der Waals surface area contributed by atoms with Crippen molar-refractivity contribution in [1.82, 2.24) is 5.32 Å². The van der Waals surface area contributed by atoms with E-state index in [4.69, 9.17) is 25.5 Å². The molecule has 0 aliphatic carbocycles. The van der Waals surface area contributed by atoms with Crippen LogP contribution in [0.3, 0.4) is 0 Å². The minimum Gasteiger partial charge on any atom is -0.486 e. The molecular formula is C14H12ClNO4. The van der Waals surface area contributed by atoms with Gasteiger partial charge in [0.15, 0.2) is 11.5 Å². The van der Waals surface area contributed by atoms with Gasteiger partial charge in [0.25, 0.3) is 5.91 Å². The Morgan fingerprint density at radius 1 is 1.30 bits per heavy atom. The van der Waals surface area contributed by atoms with Crippen molar-refractivity contribution in [2.75, 3.05) is 13.2 Å². The molecule has 1 N–H and O–H groups in total. The zero-order valence-corrected chi connectivity index (χ0v) is 11.2. The van der Waals surface area contributed by atoms with Crippen molar-refractivity contribution in [1.29, 1.82) is 0 Å². The van der Waals surface area contributed by atoms with Gasteiger partial charge in [-0.05, 0) is 29.8 Å². The summed E-state index contributed by atoms with van der Waals surface area (Å²) in [7, 11) is 0. The van der Waals surface area contributed by atoms with Crippen molar-refractivity contribution < 1.29 is 18.7 Å². The molecular weight excluding hydrogens is 282 g/mol. The van der Waals surface area contributed by atoms with Gasteiger partial charge < -0.3 is 19.2 Å². The molecule has 6 heteroatoms. The first kappa shape index (κ1) is 12.9. The third-order valence-corrected chi connectivity index (χ3v) is 3.21. The lowest BCUT2D eigenvalue weighted by molar-refractivity contribution is 0.0789. The van der Waals surface area contributed by atoms with Crippen molar-refractivity contribution in [2.45, 2.75) is 6.10 Å². The fourth-order valence-corrected chi connectivity index (χ4v) is 2.12. The third-order valence-electron chi connectivity index (χ3n) is 2.92. The molecule has 1 amide bonds. The lowest BCUT2D eigenvalue weighted by atomic mass is 10.2. The molecule has 5 nitrogen and oxygen atoms in total. The van der Waals surface area contributed by atoms with Gasteiger partial charge in [0.2, 0.25) is 5.22 Å². The van der Waals surface area contributed by atoms with Gasteiger partial charge in [-0.25, -0.2) is 0 Å². The topological polar surface area (TPSA) is 60.7 Å². The summed E-state index contributed by atoms with van der Waals surface area (Å²) < 4.78 is 16.2. The molecule has 20 heavy (non-hydrogen) atoms. The summed E-state index contributed by atoms with van der Waals surface area (Å²) in [4.78, 5) is 11.9. The summed E-state index contributed by atoms with van der Waals surface area (Å²) in [6, 6.07) is 8.94.